The number of carbonyl (C=O) groups is 2. The van der Waals surface area contributed by atoms with Crippen molar-refractivity contribution in [3.8, 4) is 0 Å². The molecule has 3 heteroatoms. The van der Waals surface area contributed by atoms with Gasteiger partial charge >= 0.3 is 5.97 Å². The molecule has 0 rings (SSSR count). The molecule has 0 saturated carbocycles. The Hall–Kier alpha value is -0.860. The molecule has 0 aliphatic heterocycles. The van der Waals surface area contributed by atoms with Crippen LogP contribution < -0.4 is 0 Å². The van der Waals surface area contributed by atoms with Gasteiger partial charge in [-0.05, 0) is 26.2 Å². The first-order chi connectivity index (χ1) is 6.66. The van der Waals surface area contributed by atoms with Crippen molar-refractivity contribution in [1.29, 1.82) is 0 Å². The third-order valence-electron chi connectivity index (χ3n) is 2.05. The summed E-state index contributed by atoms with van der Waals surface area (Å²) in [6.45, 7) is 3.34. The molecule has 0 fully saturated rings. The van der Waals surface area contributed by atoms with E-state index in [9.17, 15) is 9.59 Å². The van der Waals surface area contributed by atoms with Crippen LogP contribution in [0.4, 0.5) is 0 Å². The molecule has 0 amide bonds. The van der Waals surface area contributed by atoms with Gasteiger partial charge in [0, 0.05) is 13.3 Å². The minimum atomic E-state index is -0.210. The molecule has 0 spiro atoms. The molecule has 0 aromatic heterocycles. The number of hydrogen-bond acceptors (Lipinski definition) is 3. The summed E-state index contributed by atoms with van der Waals surface area (Å²) < 4.78 is 4.98. The molecular formula is C11H20O3. The van der Waals surface area contributed by atoms with E-state index >= 15 is 0 Å². The van der Waals surface area contributed by atoms with Gasteiger partial charge in [-0.2, -0.15) is 0 Å². The molecule has 1 atom stereocenters. The molecule has 0 saturated heterocycles. The van der Waals surface area contributed by atoms with Crippen LogP contribution in [0, 0.1) is 0 Å². The molecule has 0 aliphatic carbocycles. The second-order valence-electron chi connectivity index (χ2n) is 3.58. The maximum Gasteiger partial charge on any atom is 0.302 e. The summed E-state index contributed by atoms with van der Waals surface area (Å²) in [6.07, 6.45) is 6.81. The van der Waals surface area contributed by atoms with Crippen molar-refractivity contribution in [3.63, 3.8) is 0 Å². The molecule has 3 nitrogen and oxygen atoms in total. The topological polar surface area (TPSA) is 43.4 Å². The Morgan fingerprint density at radius 2 is 1.93 bits per heavy atom. The van der Waals surface area contributed by atoms with E-state index in [0.717, 1.165) is 38.4 Å². The molecule has 1 unspecified atom stereocenters. The maximum absolute atomic E-state index is 10.6. The lowest BCUT2D eigenvalue weighted by atomic mass is 10.1. The highest BCUT2D eigenvalue weighted by Crippen LogP contribution is 2.08. The van der Waals surface area contributed by atoms with Crippen LogP contribution in [0.25, 0.3) is 0 Å². The van der Waals surface area contributed by atoms with Gasteiger partial charge in [0.05, 0.1) is 6.10 Å². The molecule has 0 aliphatic rings. The first-order valence-corrected chi connectivity index (χ1v) is 5.27. The van der Waals surface area contributed by atoms with E-state index < -0.39 is 0 Å². The predicted octanol–water partition coefficient (Wildman–Crippen LogP) is 2.48. The summed E-state index contributed by atoms with van der Waals surface area (Å²) in [5.41, 5.74) is 0. The van der Waals surface area contributed by atoms with Crippen molar-refractivity contribution in [2.45, 2.75) is 58.5 Å². The molecule has 0 heterocycles. The van der Waals surface area contributed by atoms with E-state index in [2.05, 4.69) is 0 Å². The Bertz CT molecular complexity index is 166. The molecule has 14 heavy (non-hydrogen) atoms. The second-order valence-corrected chi connectivity index (χ2v) is 3.58. The van der Waals surface area contributed by atoms with Crippen LogP contribution in [0.15, 0.2) is 0 Å². The fourth-order valence-corrected chi connectivity index (χ4v) is 1.36. The lowest BCUT2D eigenvalue weighted by molar-refractivity contribution is -0.145. The van der Waals surface area contributed by atoms with Gasteiger partial charge in [-0.15, -0.1) is 0 Å². The zero-order valence-electron chi connectivity index (χ0n) is 9.12. The number of rotatable bonds is 8. The van der Waals surface area contributed by atoms with Crippen LogP contribution >= 0.6 is 0 Å². The Labute approximate surface area is 85.8 Å². The first kappa shape index (κ1) is 13.1. The minimum absolute atomic E-state index is 0.0265. The van der Waals surface area contributed by atoms with Crippen LogP contribution in [-0.2, 0) is 14.3 Å². The highest BCUT2D eigenvalue weighted by Gasteiger charge is 2.03. The number of esters is 1. The van der Waals surface area contributed by atoms with Crippen LogP contribution in [0.3, 0.4) is 0 Å². The Kier molecular flexibility index (Phi) is 8.19. The average Bonchev–Trinajstić information content (AvgIpc) is 2.10. The zero-order chi connectivity index (χ0) is 10.8. The van der Waals surface area contributed by atoms with Gasteiger partial charge in [0.1, 0.15) is 6.29 Å². The van der Waals surface area contributed by atoms with Crippen LogP contribution in [-0.4, -0.2) is 18.4 Å². The van der Waals surface area contributed by atoms with Crippen molar-refractivity contribution in [2.24, 2.45) is 0 Å². The fourth-order valence-electron chi connectivity index (χ4n) is 1.36. The van der Waals surface area contributed by atoms with Crippen molar-refractivity contribution in [3.05, 3.63) is 0 Å². The van der Waals surface area contributed by atoms with E-state index in [-0.39, 0.29) is 12.1 Å². The van der Waals surface area contributed by atoms with Gasteiger partial charge in [0.25, 0.3) is 0 Å². The summed E-state index contributed by atoms with van der Waals surface area (Å²) in [5, 5.41) is 0. The molecule has 0 aromatic rings. The molecule has 0 bridgehead atoms. The number of carbonyl (C=O) groups excluding carboxylic acids is 2. The van der Waals surface area contributed by atoms with Gasteiger partial charge in [0.2, 0.25) is 0 Å². The molecule has 0 radical (unpaired) electrons. The van der Waals surface area contributed by atoms with Gasteiger partial charge in [-0.25, -0.2) is 0 Å². The Morgan fingerprint density at radius 3 is 2.50 bits per heavy atom. The normalized spacial score (nSPS) is 12.1. The van der Waals surface area contributed by atoms with E-state index in [4.69, 9.17) is 4.74 Å². The summed E-state index contributed by atoms with van der Waals surface area (Å²) >= 11 is 0. The Morgan fingerprint density at radius 1 is 1.29 bits per heavy atom. The summed E-state index contributed by atoms with van der Waals surface area (Å²) in [4.78, 5) is 20.6. The highest BCUT2D eigenvalue weighted by molar-refractivity contribution is 5.66. The van der Waals surface area contributed by atoms with Crippen molar-refractivity contribution in [2.75, 3.05) is 0 Å². The Balaban J connectivity index is 3.18. The van der Waals surface area contributed by atoms with Crippen molar-refractivity contribution >= 4 is 12.3 Å². The van der Waals surface area contributed by atoms with Gasteiger partial charge in [0.15, 0.2) is 0 Å². The van der Waals surface area contributed by atoms with Crippen LogP contribution in [0.1, 0.15) is 52.4 Å². The number of aldehydes is 1. The lowest BCUT2D eigenvalue weighted by Gasteiger charge is -2.10. The minimum Gasteiger partial charge on any atom is -0.463 e. The van der Waals surface area contributed by atoms with E-state index in [0.29, 0.717) is 6.42 Å². The third-order valence-corrected chi connectivity index (χ3v) is 2.05. The first-order valence-electron chi connectivity index (χ1n) is 5.27. The standard InChI is InChI=1S/C11H20O3/c1-10(14-11(2)13)8-6-4-3-5-7-9-12/h9-10H,3-8H2,1-2H3. The summed E-state index contributed by atoms with van der Waals surface area (Å²) in [7, 11) is 0. The van der Waals surface area contributed by atoms with Crippen LogP contribution in [0.5, 0.6) is 0 Å². The summed E-state index contributed by atoms with van der Waals surface area (Å²) in [6, 6.07) is 0. The van der Waals surface area contributed by atoms with Gasteiger partial charge in [-0.3, -0.25) is 4.79 Å². The van der Waals surface area contributed by atoms with Gasteiger partial charge < -0.3 is 9.53 Å². The highest BCUT2D eigenvalue weighted by atomic mass is 16.5. The number of hydrogen-bond donors (Lipinski definition) is 0. The van der Waals surface area contributed by atoms with E-state index in [1.165, 1.54) is 6.92 Å². The van der Waals surface area contributed by atoms with Crippen LogP contribution in [0.2, 0.25) is 0 Å². The van der Waals surface area contributed by atoms with Gasteiger partial charge in [-0.1, -0.05) is 12.8 Å². The molecule has 82 valence electrons. The van der Waals surface area contributed by atoms with E-state index in [1.54, 1.807) is 0 Å². The fraction of sp³-hybridized carbons (Fsp3) is 0.818. The smallest absolute Gasteiger partial charge is 0.302 e. The molecule has 0 aromatic carbocycles. The molecular weight excluding hydrogens is 180 g/mol. The van der Waals surface area contributed by atoms with Crippen molar-refractivity contribution < 1.29 is 14.3 Å². The van der Waals surface area contributed by atoms with E-state index in [1.807, 2.05) is 6.92 Å². The third kappa shape index (κ3) is 9.23. The largest absolute Gasteiger partial charge is 0.463 e. The number of ether oxygens (including phenoxy) is 1. The maximum atomic E-state index is 10.6. The SMILES string of the molecule is CC(=O)OC(C)CCCCCCC=O. The zero-order valence-corrected chi connectivity index (χ0v) is 9.12. The second kappa shape index (κ2) is 8.73. The average molecular weight is 200 g/mol. The van der Waals surface area contributed by atoms with Crippen molar-refractivity contribution in [1.82, 2.24) is 0 Å². The number of unbranched alkanes of at least 4 members (excludes halogenated alkanes) is 4. The predicted molar refractivity (Wildman–Crippen MR) is 55.0 cm³/mol. The summed E-state index contributed by atoms with van der Waals surface area (Å²) in [5.74, 6) is -0.210. The quantitative estimate of drug-likeness (QED) is 0.343. The monoisotopic (exact) mass is 200 g/mol. The lowest BCUT2D eigenvalue weighted by Crippen LogP contribution is -2.11. The molecule has 0 N–H and O–H groups in total.